The van der Waals surface area contributed by atoms with Crippen molar-refractivity contribution in [3.63, 3.8) is 0 Å². The van der Waals surface area contributed by atoms with Crippen LogP contribution in [-0.2, 0) is 0 Å². The zero-order chi connectivity index (χ0) is 28.1. The standard InChI is InChI=1S/C31H41F3N2OS/c1-22(2)11-7-12-23(3)13-8-14-24(4)15-9-16-25(5)17-10-18-26(6)35-30-36-28-20-19-27(21-29(28)38-30)37-31(32,33)34/h11,13,15,17,19-21H,7-10,12,14,16,18H2,1-6H3/b23-13+,24-15+,25-17+,35-26?. The zero-order valence-corrected chi connectivity index (χ0v) is 24.4. The minimum absolute atomic E-state index is 0.246. The molecule has 2 aromatic rings. The third-order valence-corrected chi connectivity index (χ3v) is 6.93. The Hall–Kier alpha value is -2.67. The van der Waals surface area contributed by atoms with E-state index in [0.717, 1.165) is 57.1 Å². The van der Waals surface area contributed by atoms with Crippen molar-refractivity contribution in [3.8, 4) is 5.75 Å². The molecule has 1 heterocycles. The number of nitrogens with zero attached hydrogens (tertiary/aromatic N) is 2. The summed E-state index contributed by atoms with van der Waals surface area (Å²) in [6.07, 6.45) is 12.9. The van der Waals surface area contributed by atoms with Crippen molar-refractivity contribution in [3.05, 3.63) is 64.8 Å². The first kappa shape index (κ1) is 31.5. The highest BCUT2D eigenvalue weighted by Crippen LogP contribution is 2.33. The molecule has 0 saturated carbocycles. The third kappa shape index (κ3) is 13.2. The maximum Gasteiger partial charge on any atom is 0.573 e. The van der Waals surface area contributed by atoms with Gasteiger partial charge in [-0.25, -0.2) is 9.98 Å². The second-order valence-corrected chi connectivity index (χ2v) is 11.1. The summed E-state index contributed by atoms with van der Waals surface area (Å²) in [6, 6.07) is 4.14. The number of fused-ring (bicyclic) bond motifs is 1. The average Bonchev–Trinajstić information content (AvgIpc) is 3.19. The summed E-state index contributed by atoms with van der Waals surface area (Å²) in [4.78, 5) is 8.97. The summed E-state index contributed by atoms with van der Waals surface area (Å²) in [5.41, 5.74) is 7.23. The largest absolute Gasteiger partial charge is 0.573 e. The number of ether oxygens (including phenoxy) is 1. The molecule has 0 N–H and O–H groups in total. The van der Waals surface area contributed by atoms with Gasteiger partial charge in [-0.15, -0.1) is 13.2 Å². The van der Waals surface area contributed by atoms with Gasteiger partial charge >= 0.3 is 6.36 Å². The van der Waals surface area contributed by atoms with E-state index in [1.807, 2.05) is 6.92 Å². The van der Waals surface area contributed by atoms with Crippen LogP contribution in [0, 0.1) is 0 Å². The van der Waals surface area contributed by atoms with Crippen LogP contribution in [0.1, 0.15) is 92.9 Å². The van der Waals surface area contributed by atoms with Crippen molar-refractivity contribution in [2.24, 2.45) is 4.99 Å². The van der Waals surface area contributed by atoms with Gasteiger partial charge in [-0.05, 0) is 105 Å². The number of allylic oxidation sites excluding steroid dienone is 8. The monoisotopic (exact) mass is 546 g/mol. The number of aromatic nitrogens is 1. The first-order valence-corrected chi connectivity index (χ1v) is 14.0. The summed E-state index contributed by atoms with van der Waals surface area (Å²) < 4.78 is 41.9. The maximum atomic E-state index is 12.4. The van der Waals surface area contributed by atoms with Gasteiger partial charge in [-0.1, -0.05) is 57.9 Å². The predicted octanol–water partition coefficient (Wildman–Crippen LogP) is 11.2. The predicted molar refractivity (Wildman–Crippen MR) is 157 cm³/mol. The molecule has 3 nitrogen and oxygen atoms in total. The van der Waals surface area contributed by atoms with Crippen LogP contribution < -0.4 is 4.74 Å². The van der Waals surface area contributed by atoms with Gasteiger partial charge in [0.15, 0.2) is 0 Å². The lowest BCUT2D eigenvalue weighted by atomic mass is 10.0. The summed E-state index contributed by atoms with van der Waals surface area (Å²) >= 11 is 1.26. The number of thiazole rings is 1. The number of rotatable bonds is 14. The molecule has 0 saturated heterocycles. The molecule has 0 aliphatic rings. The van der Waals surface area contributed by atoms with Crippen LogP contribution in [0.4, 0.5) is 18.3 Å². The fourth-order valence-electron chi connectivity index (χ4n) is 3.87. The van der Waals surface area contributed by atoms with Crippen molar-refractivity contribution in [2.75, 3.05) is 0 Å². The summed E-state index contributed by atoms with van der Waals surface area (Å²) in [5.74, 6) is -0.246. The van der Waals surface area contributed by atoms with Crippen LogP contribution in [-0.4, -0.2) is 17.1 Å². The van der Waals surface area contributed by atoms with Crippen molar-refractivity contribution in [2.45, 2.75) is 99.3 Å². The minimum atomic E-state index is -4.71. The molecule has 0 radical (unpaired) electrons. The van der Waals surface area contributed by atoms with E-state index in [0.29, 0.717) is 15.3 Å². The Morgan fingerprint density at radius 2 is 1.34 bits per heavy atom. The molecule has 0 aliphatic heterocycles. The number of alkyl halides is 3. The molecular formula is C31H41F3N2OS. The summed E-state index contributed by atoms with van der Waals surface area (Å²) in [6.45, 7) is 12.9. The normalized spacial score (nSPS) is 13.8. The van der Waals surface area contributed by atoms with Crippen molar-refractivity contribution < 1.29 is 17.9 Å². The Kier molecular flexibility index (Phi) is 13.0. The highest BCUT2D eigenvalue weighted by atomic mass is 32.1. The molecule has 208 valence electrons. The number of halogens is 3. The molecule has 0 bridgehead atoms. The van der Waals surface area contributed by atoms with Gasteiger partial charge in [0.25, 0.3) is 0 Å². The number of hydrogen-bond donors (Lipinski definition) is 0. The molecule has 0 spiro atoms. The fourth-order valence-corrected chi connectivity index (χ4v) is 4.81. The lowest BCUT2D eigenvalue weighted by molar-refractivity contribution is -0.274. The first-order chi connectivity index (χ1) is 17.9. The molecule has 0 fully saturated rings. The molecule has 1 aromatic heterocycles. The van der Waals surface area contributed by atoms with Gasteiger partial charge in [0.2, 0.25) is 5.13 Å². The Labute approximate surface area is 229 Å². The molecule has 0 atom stereocenters. The minimum Gasteiger partial charge on any atom is -0.406 e. The van der Waals surface area contributed by atoms with Crippen LogP contribution in [0.25, 0.3) is 10.2 Å². The van der Waals surface area contributed by atoms with E-state index in [1.54, 1.807) is 0 Å². The van der Waals surface area contributed by atoms with Crippen LogP contribution in [0.15, 0.2) is 69.8 Å². The first-order valence-electron chi connectivity index (χ1n) is 13.2. The van der Waals surface area contributed by atoms with E-state index in [9.17, 15) is 13.2 Å². The highest BCUT2D eigenvalue weighted by Gasteiger charge is 2.31. The number of hydrogen-bond acceptors (Lipinski definition) is 4. The fraction of sp³-hybridized carbons (Fsp3) is 0.484. The van der Waals surface area contributed by atoms with Gasteiger partial charge in [0.1, 0.15) is 5.75 Å². The number of aliphatic imine (C=N–C) groups is 1. The van der Waals surface area contributed by atoms with Gasteiger partial charge in [-0.2, -0.15) is 0 Å². The van der Waals surface area contributed by atoms with Crippen LogP contribution in [0.2, 0.25) is 0 Å². The molecule has 38 heavy (non-hydrogen) atoms. The SMILES string of the molecule is CC(C)=CCC/C(C)=C/CC/C(C)=C/CC/C(C)=C/CCC(C)=Nc1nc2ccc(OC(F)(F)F)cc2s1. The quantitative estimate of drug-likeness (QED) is 0.174. The Morgan fingerprint density at radius 3 is 1.87 bits per heavy atom. The summed E-state index contributed by atoms with van der Waals surface area (Å²) in [7, 11) is 0. The van der Waals surface area contributed by atoms with Gasteiger partial charge < -0.3 is 4.74 Å². The van der Waals surface area contributed by atoms with Gasteiger partial charge in [0, 0.05) is 11.8 Å². The van der Waals surface area contributed by atoms with Gasteiger partial charge in [0.05, 0.1) is 10.2 Å². The van der Waals surface area contributed by atoms with Crippen molar-refractivity contribution in [1.82, 2.24) is 4.98 Å². The zero-order valence-electron chi connectivity index (χ0n) is 23.5. The Morgan fingerprint density at radius 1 is 0.816 bits per heavy atom. The van der Waals surface area contributed by atoms with E-state index in [1.165, 1.54) is 51.8 Å². The van der Waals surface area contributed by atoms with E-state index in [-0.39, 0.29) is 5.75 Å². The second kappa shape index (κ2) is 15.7. The lowest BCUT2D eigenvalue weighted by Crippen LogP contribution is -2.16. The summed E-state index contributed by atoms with van der Waals surface area (Å²) in [5, 5.41) is 0.543. The molecule has 1 aromatic carbocycles. The molecule has 2 rings (SSSR count). The van der Waals surface area contributed by atoms with Crippen LogP contribution >= 0.6 is 11.3 Å². The molecular weight excluding hydrogens is 505 g/mol. The Balaban J connectivity index is 1.75. The molecule has 0 unspecified atom stereocenters. The molecule has 0 aliphatic carbocycles. The van der Waals surface area contributed by atoms with Gasteiger partial charge in [-0.3, -0.25) is 0 Å². The third-order valence-electron chi connectivity index (χ3n) is 6.02. The molecule has 0 amide bonds. The smallest absolute Gasteiger partial charge is 0.406 e. The van der Waals surface area contributed by atoms with Crippen LogP contribution in [0.3, 0.4) is 0 Å². The van der Waals surface area contributed by atoms with E-state index in [2.05, 4.69) is 73.6 Å². The number of benzene rings is 1. The second-order valence-electron chi connectivity index (χ2n) is 10.1. The molecule has 7 heteroatoms. The van der Waals surface area contributed by atoms with Crippen molar-refractivity contribution >= 4 is 32.4 Å². The average molecular weight is 547 g/mol. The van der Waals surface area contributed by atoms with Crippen LogP contribution in [0.5, 0.6) is 5.75 Å². The maximum absolute atomic E-state index is 12.4. The van der Waals surface area contributed by atoms with E-state index < -0.39 is 6.36 Å². The lowest BCUT2D eigenvalue weighted by Gasteiger charge is -2.07. The van der Waals surface area contributed by atoms with Crippen molar-refractivity contribution in [1.29, 1.82) is 0 Å². The highest BCUT2D eigenvalue weighted by molar-refractivity contribution is 7.22. The Bertz CT molecular complexity index is 1200. The van der Waals surface area contributed by atoms with E-state index in [4.69, 9.17) is 0 Å². The van der Waals surface area contributed by atoms with E-state index >= 15 is 0 Å². The topological polar surface area (TPSA) is 34.5 Å².